The maximum Gasteiger partial charge on any atom is 0.324 e. The van der Waals surface area contributed by atoms with Crippen molar-refractivity contribution in [1.82, 2.24) is 15.1 Å². The van der Waals surface area contributed by atoms with Gasteiger partial charge in [0, 0.05) is 20.1 Å². The number of likely N-dealkylation sites (N-methyl/N-ethyl adjacent to an activating group) is 1. The number of nitrogens with zero attached hydrogens (tertiary/aromatic N) is 2. The van der Waals surface area contributed by atoms with Crippen LogP contribution in [0.1, 0.15) is 18.4 Å². The second-order valence-electron chi connectivity index (χ2n) is 6.28. The number of piperidine rings is 1. The summed E-state index contributed by atoms with van der Waals surface area (Å²) in [5.41, 5.74) is 0.0917. The Balaban J connectivity index is 1.59. The maximum absolute atomic E-state index is 12.4. The Hall–Kier alpha value is -2.57. The van der Waals surface area contributed by atoms with Crippen molar-refractivity contribution >= 4 is 17.8 Å². The SMILES string of the molecule is COc1ccc(CC(=O)N2CCC3(CC2)NC(=O)N(C)C3=O)cc1. The molecule has 1 aromatic rings. The molecule has 2 heterocycles. The minimum atomic E-state index is -0.831. The number of carbonyl (C=O) groups is 3. The van der Waals surface area contributed by atoms with Crippen molar-refractivity contribution in [2.75, 3.05) is 27.2 Å². The standard InChI is InChI=1S/C17H21N3O4/c1-19-15(22)17(18-16(19)23)7-9-20(10-8-17)14(21)11-12-3-5-13(24-2)6-4-12/h3-6H,7-11H2,1-2H3,(H,18,23). The number of urea groups is 1. The Kier molecular flexibility index (Phi) is 4.17. The van der Waals surface area contributed by atoms with E-state index >= 15 is 0 Å². The van der Waals surface area contributed by atoms with E-state index in [0.717, 1.165) is 16.2 Å². The average molecular weight is 331 g/mol. The zero-order chi connectivity index (χ0) is 17.3. The number of nitrogens with one attached hydrogen (secondary N) is 1. The van der Waals surface area contributed by atoms with E-state index in [-0.39, 0.29) is 17.8 Å². The lowest BCUT2D eigenvalue weighted by atomic mass is 9.87. The molecule has 2 fully saturated rings. The predicted octanol–water partition coefficient (Wildman–Crippen LogP) is 0.780. The third-order valence-electron chi connectivity index (χ3n) is 4.85. The largest absolute Gasteiger partial charge is 0.497 e. The number of hydrogen-bond acceptors (Lipinski definition) is 4. The molecule has 0 saturated carbocycles. The van der Waals surface area contributed by atoms with E-state index in [2.05, 4.69) is 5.32 Å². The fourth-order valence-corrected chi connectivity index (χ4v) is 3.26. The Morgan fingerprint density at radius 1 is 1.21 bits per heavy atom. The number of imide groups is 1. The Morgan fingerprint density at radius 2 is 1.83 bits per heavy atom. The minimum absolute atomic E-state index is 0.0279. The fourth-order valence-electron chi connectivity index (χ4n) is 3.26. The van der Waals surface area contributed by atoms with Gasteiger partial charge in [-0.3, -0.25) is 14.5 Å². The van der Waals surface area contributed by atoms with Crippen molar-refractivity contribution in [2.24, 2.45) is 0 Å². The highest BCUT2D eigenvalue weighted by Crippen LogP contribution is 2.29. The van der Waals surface area contributed by atoms with Crippen molar-refractivity contribution in [3.63, 3.8) is 0 Å². The van der Waals surface area contributed by atoms with Crippen molar-refractivity contribution in [3.8, 4) is 5.75 Å². The monoisotopic (exact) mass is 331 g/mol. The van der Waals surface area contributed by atoms with Crippen LogP contribution in [0.25, 0.3) is 0 Å². The van der Waals surface area contributed by atoms with Crippen LogP contribution in [-0.4, -0.2) is 60.4 Å². The quantitative estimate of drug-likeness (QED) is 0.830. The number of ether oxygens (including phenoxy) is 1. The third kappa shape index (κ3) is 2.81. The molecule has 24 heavy (non-hydrogen) atoms. The maximum atomic E-state index is 12.4. The summed E-state index contributed by atoms with van der Waals surface area (Å²) >= 11 is 0. The smallest absolute Gasteiger partial charge is 0.324 e. The molecule has 7 nitrogen and oxygen atoms in total. The summed E-state index contributed by atoms with van der Waals surface area (Å²) < 4.78 is 5.11. The number of methoxy groups -OCH3 is 1. The summed E-state index contributed by atoms with van der Waals surface area (Å²) in [6, 6.07) is 7.04. The van der Waals surface area contributed by atoms with Gasteiger partial charge in [0.2, 0.25) is 5.91 Å². The first-order chi connectivity index (χ1) is 11.4. The first kappa shape index (κ1) is 16.3. The molecule has 0 aliphatic carbocycles. The highest BCUT2D eigenvalue weighted by atomic mass is 16.5. The summed E-state index contributed by atoms with van der Waals surface area (Å²) in [4.78, 5) is 39.2. The number of rotatable bonds is 3. The average Bonchev–Trinajstić information content (AvgIpc) is 2.80. The van der Waals surface area contributed by atoms with E-state index < -0.39 is 5.54 Å². The fraction of sp³-hybridized carbons (Fsp3) is 0.471. The lowest BCUT2D eigenvalue weighted by Crippen LogP contribution is -2.56. The summed E-state index contributed by atoms with van der Waals surface area (Å²) in [5.74, 6) is 0.584. The summed E-state index contributed by atoms with van der Waals surface area (Å²) in [5, 5.41) is 2.78. The Labute approximate surface area is 140 Å². The second-order valence-corrected chi connectivity index (χ2v) is 6.28. The van der Waals surface area contributed by atoms with E-state index in [4.69, 9.17) is 4.74 Å². The van der Waals surface area contributed by atoms with Gasteiger partial charge in [-0.2, -0.15) is 0 Å². The normalized spacial score (nSPS) is 19.6. The van der Waals surface area contributed by atoms with Gasteiger partial charge in [-0.1, -0.05) is 12.1 Å². The van der Waals surface area contributed by atoms with Crippen LogP contribution in [0, 0.1) is 0 Å². The van der Waals surface area contributed by atoms with Gasteiger partial charge in [0.1, 0.15) is 11.3 Å². The van der Waals surface area contributed by atoms with Gasteiger partial charge in [-0.15, -0.1) is 0 Å². The number of likely N-dealkylation sites (tertiary alicyclic amines) is 1. The van der Waals surface area contributed by atoms with Crippen LogP contribution in [-0.2, 0) is 16.0 Å². The van der Waals surface area contributed by atoms with E-state index in [1.165, 1.54) is 7.05 Å². The van der Waals surface area contributed by atoms with Gasteiger partial charge in [-0.05, 0) is 30.5 Å². The molecule has 0 aromatic heterocycles. The van der Waals surface area contributed by atoms with E-state index in [1.54, 1.807) is 12.0 Å². The molecule has 2 saturated heterocycles. The van der Waals surface area contributed by atoms with Gasteiger partial charge in [-0.25, -0.2) is 4.79 Å². The van der Waals surface area contributed by atoms with Crippen LogP contribution in [0.5, 0.6) is 5.75 Å². The molecule has 0 bridgehead atoms. The molecule has 0 radical (unpaired) electrons. The molecule has 1 N–H and O–H groups in total. The van der Waals surface area contributed by atoms with Crippen LogP contribution in [0.15, 0.2) is 24.3 Å². The lowest BCUT2D eigenvalue weighted by Gasteiger charge is -2.37. The Bertz CT molecular complexity index is 663. The Morgan fingerprint density at radius 3 is 2.33 bits per heavy atom. The predicted molar refractivity (Wildman–Crippen MR) is 86.5 cm³/mol. The molecule has 128 valence electrons. The zero-order valence-electron chi connectivity index (χ0n) is 13.9. The number of hydrogen-bond donors (Lipinski definition) is 1. The van der Waals surface area contributed by atoms with Crippen molar-refractivity contribution in [3.05, 3.63) is 29.8 Å². The molecule has 1 spiro atoms. The van der Waals surface area contributed by atoms with Crippen LogP contribution in [0.2, 0.25) is 0 Å². The van der Waals surface area contributed by atoms with Crippen LogP contribution in [0.3, 0.4) is 0 Å². The van der Waals surface area contributed by atoms with Crippen molar-refractivity contribution in [1.29, 1.82) is 0 Å². The molecule has 0 atom stereocenters. The first-order valence-corrected chi connectivity index (χ1v) is 7.96. The van der Waals surface area contributed by atoms with Crippen molar-refractivity contribution < 1.29 is 19.1 Å². The van der Waals surface area contributed by atoms with Crippen molar-refractivity contribution in [2.45, 2.75) is 24.8 Å². The van der Waals surface area contributed by atoms with Gasteiger partial charge >= 0.3 is 6.03 Å². The minimum Gasteiger partial charge on any atom is -0.497 e. The van der Waals surface area contributed by atoms with Gasteiger partial charge in [0.15, 0.2) is 0 Å². The topological polar surface area (TPSA) is 79.0 Å². The third-order valence-corrected chi connectivity index (χ3v) is 4.85. The molecule has 3 rings (SSSR count). The van der Waals surface area contributed by atoms with Gasteiger partial charge in [0.25, 0.3) is 5.91 Å². The number of benzene rings is 1. The first-order valence-electron chi connectivity index (χ1n) is 7.96. The second kappa shape index (κ2) is 6.14. The van der Waals surface area contributed by atoms with Gasteiger partial charge in [0.05, 0.1) is 13.5 Å². The molecular formula is C17H21N3O4. The van der Waals surface area contributed by atoms with E-state index in [1.807, 2.05) is 24.3 Å². The molecule has 0 unspecified atom stereocenters. The number of amides is 4. The lowest BCUT2D eigenvalue weighted by molar-refractivity contribution is -0.137. The highest BCUT2D eigenvalue weighted by Gasteiger charge is 2.51. The summed E-state index contributed by atoms with van der Waals surface area (Å²) in [6.45, 7) is 0.934. The van der Waals surface area contributed by atoms with Crippen LogP contribution >= 0.6 is 0 Å². The summed E-state index contributed by atoms with van der Waals surface area (Å²) in [6.07, 6.45) is 1.23. The molecule has 7 heteroatoms. The van der Waals surface area contributed by atoms with Gasteiger partial charge < -0.3 is 15.0 Å². The zero-order valence-corrected chi connectivity index (χ0v) is 13.9. The molecule has 1 aromatic carbocycles. The number of carbonyl (C=O) groups excluding carboxylic acids is 3. The summed E-state index contributed by atoms with van der Waals surface area (Å²) in [7, 11) is 3.08. The van der Waals surface area contributed by atoms with E-state index in [9.17, 15) is 14.4 Å². The molecular weight excluding hydrogens is 310 g/mol. The van der Waals surface area contributed by atoms with E-state index in [0.29, 0.717) is 32.4 Å². The highest BCUT2D eigenvalue weighted by molar-refractivity contribution is 6.06. The van der Waals surface area contributed by atoms with Crippen LogP contribution < -0.4 is 10.1 Å². The molecule has 2 aliphatic rings. The van der Waals surface area contributed by atoms with Crippen LogP contribution in [0.4, 0.5) is 4.79 Å². The molecule has 2 aliphatic heterocycles. The molecule has 4 amide bonds.